The maximum absolute atomic E-state index is 12.3. The molecule has 0 saturated carbocycles. The van der Waals surface area contributed by atoms with Crippen LogP contribution in [0, 0.1) is 0 Å². The van der Waals surface area contributed by atoms with Crippen LogP contribution in [0.3, 0.4) is 0 Å². The van der Waals surface area contributed by atoms with Gasteiger partial charge in [-0.15, -0.1) is 0 Å². The van der Waals surface area contributed by atoms with Crippen LogP contribution in [0.2, 0.25) is 0 Å². The summed E-state index contributed by atoms with van der Waals surface area (Å²) >= 11 is 0. The van der Waals surface area contributed by atoms with Crippen molar-refractivity contribution in [1.29, 1.82) is 0 Å². The molecule has 0 bridgehead atoms. The van der Waals surface area contributed by atoms with Crippen LogP contribution < -0.4 is 0 Å². The van der Waals surface area contributed by atoms with Crippen molar-refractivity contribution < 1.29 is 32.6 Å². The predicted octanol–water partition coefficient (Wildman–Crippen LogP) is 12.4. The molecule has 2 atom stereocenters. The van der Waals surface area contributed by atoms with Crippen LogP contribution in [0.25, 0.3) is 0 Å². The normalized spacial score (nSPS) is 13.7. The minimum absolute atomic E-state index is 0.181. The van der Waals surface area contributed by atoms with E-state index in [4.69, 9.17) is 28.0 Å². The van der Waals surface area contributed by atoms with Gasteiger partial charge >= 0.3 is 8.25 Å². The Kier molecular flexibility index (Phi) is 41.4. The van der Waals surface area contributed by atoms with Gasteiger partial charge in [0.2, 0.25) is 0 Å². The van der Waals surface area contributed by atoms with E-state index in [2.05, 4.69) is 13.8 Å². The average molecular weight is 707 g/mol. The SMILES string of the molecule is CCCCCCCCCCCCCCCCOCC(CO[PH](=O)OCC(COCCCCCCCCCCCCCCCC)OC)OC. The topological polar surface area (TPSA) is 72.5 Å². The first-order valence-electron chi connectivity index (χ1n) is 20.7. The Hall–Kier alpha value is -0.0100. The van der Waals surface area contributed by atoms with Gasteiger partial charge in [-0.05, 0) is 12.8 Å². The van der Waals surface area contributed by atoms with Crippen LogP contribution in [0.15, 0.2) is 0 Å². The van der Waals surface area contributed by atoms with Crippen molar-refractivity contribution in [1.82, 2.24) is 0 Å². The lowest BCUT2D eigenvalue weighted by molar-refractivity contribution is -0.0262. The molecule has 0 aliphatic carbocycles. The molecule has 0 spiro atoms. The van der Waals surface area contributed by atoms with Crippen LogP contribution in [0.4, 0.5) is 0 Å². The molecular formula is C40H83O7P. The summed E-state index contributed by atoms with van der Waals surface area (Å²) in [5.74, 6) is 0. The minimum atomic E-state index is -2.64. The Morgan fingerprint density at radius 3 is 0.875 bits per heavy atom. The second-order valence-corrected chi connectivity index (χ2v) is 15.0. The van der Waals surface area contributed by atoms with E-state index in [0.29, 0.717) is 13.2 Å². The molecule has 290 valence electrons. The third-order valence-corrected chi connectivity index (χ3v) is 10.1. The summed E-state index contributed by atoms with van der Waals surface area (Å²) in [6, 6.07) is 0. The van der Waals surface area contributed by atoms with Crippen molar-refractivity contribution in [2.24, 2.45) is 0 Å². The Morgan fingerprint density at radius 1 is 0.375 bits per heavy atom. The molecule has 0 radical (unpaired) electrons. The van der Waals surface area contributed by atoms with E-state index in [-0.39, 0.29) is 25.4 Å². The molecule has 2 unspecified atom stereocenters. The predicted molar refractivity (Wildman–Crippen MR) is 205 cm³/mol. The highest BCUT2D eigenvalue weighted by Crippen LogP contribution is 2.25. The standard InChI is InChI=1S/C40H83O7P/c1-5-7-9-11-13-15-17-19-21-23-25-27-29-31-33-44-35-39(42-3)37-46-48(41)47-38-40(43-4)36-45-34-32-30-28-26-24-22-20-18-16-14-12-10-8-6-2/h39-40,48H,5-38H2,1-4H3. The van der Waals surface area contributed by atoms with Gasteiger partial charge < -0.3 is 28.0 Å². The van der Waals surface area contributed by atoms with Gasteiger partial charge in [-0.3, -0.25) is 4.57 Å². The number of methoxy groups -OCH3 is 2. The molecule has 7 nitrogen and oxygen atoms in total. The third kappa shape index (κ3) is 37.3. The van der Waals surface area contributed by atoms with Crippen molar-refractivity contribution in [2.75, 3.05) is 53.9 Å². The molecule has 0 rings (SSSR count). The zero-order valence-corrected chi connectivity index (χ0v) is 33.6. The second kappa shape index (κ2) is 41.4. The highest BCUT2D eigenvalue weighted by molar-refractivity contribution is 7.33. The Bertz CT molecular complexity index is 574. The molecule has 8 heteroatoms. The molecule has 0 amide bonds. The zero-order valence-electron chi connectivity index (χ0n) is 32.6. The van der Waals surface area contributed by atoms with E-state index >= 15 is 0 Å². The van der Waals surface area contributed by atoms with Gasteiger partial charge in [0.15, 0.2) is 0 Å². The van der Waals surface area contributed by atoms with Crippen LogP contribution >= 0.6 is 8.25 Å². The van der Waals surface area contributed by atoms with Crippen LogP contribution in [0.1, 0.15) is 194 Å². The fourth-order valence-electron chi connectivity index (χ4n) is 5.96. The van der Waals surface area contributed by atoms with E-state index in [9.17, 15) is 4.57 Å². The summed E-state index contributed by atoms with van der Waals surface area (Å²) in [7, 11) is 0.607. The second-order valence-electron chi connectivity index (χ2n) is 13.9. The van der Waals surface area contributed by atoms with Crippen LogP contribution in [-0.4, -0.2) is 66.1 Å². The Labute approximate surface area is 300 Å². The average Bonchev–Trinajstić information content (AvgIpc) is 3.10. The van der Waals surface area contributed by atoms with E-state index in [1.807, 2.05) is 0 Å². The van der Waals surface area contributed by atoms with Gasteiger partial charge in [-0.1, -0.05) is 181 Å². The molecule has 0 aliphatic heterocycles. The van der Waals surface area contributed by atoms with E-state index in [1.165, 1.54) is 167 Å². The minimum Gasteiger partial charge on any atom is -0.379 e. The summed E-state index contributed by atoms with van der Waals surface area (Å²) in [5, 5.41) is 0. The molecule has 0 fully saturated rings. The van der Waals surface area contributed by atoms with Crippen LogP contribution in [-0.2, 0) is 32.6 Å². The van der Waals surface area contributed by atoms with E-state index in [1.54, 1.807) is 14.2 Å². The van der Waals surface area contributed by atoms with Gasteiger partial charge in [0.1, 0.15) is 12.2 Å². The van der Waals surface area contributed by atoms with Gasteiger partial charge in [0.05, 0.1) is 26.4 Å². The first kappa shape index (κ1) is 48.0. The lowest BCUT2D eigenvalue weighted by Gasteiger charge is -2.17. The van der Waals surface area contributed by atoms with Crippen molar-refractivity contribution in [2.45, 2.75) is 206 Å². The summed E-state index contributed by atoms with van der Waals surface area (Å²) in [5.41, 5.74) is 0. The largest absolute Gasteiger partial charge is 0.379 e. The highest BCUT2D eigenvalue weighted by Gasteiger charge is 2.14. The molecule has 48 heavy (non-hydrogen) atoms. The number of rotatable bonds is 42. The fraction of sp³-hybridized carbons (Fsp3) is 1.00. The quantitative estimate of drug-likeness (QED) is 0.0462. The summed E-state index contributed by atoms with van der Waals surface area (Å²) < 4.78 is 45.6. The number of unbranched alkanes of at least 4 members (excludes halogenated alkanes) is 26. The van der Waals surface area contributed by atoms with Crippen molar-refractivity contribution >= 4 is 8.25 Å². The van der Waals surface area contributed by atoms with Gasteiger partial charge in [-0.25, -0.2) is 0 Å². The number of hydrogen-bond acceptors (Lipinski definition) is 7. The first-order chi connectivity index (χ1) is 23.7. The number of ether oxygens (including phenoxy) is 4. The zero-order chi connectivity index (χ0) is 35.0. The summed E-state index contributed by atoms with van der Waals surface area (Å²) in [4.78, 5) is 0. The summed E-state index contributed by atoms with van der Waals surface area (Å²) in [6.07, 6.45) is 37.2. The van der Waals surface area contributed by atoms with Crippen molar-refractivity contribution in [3.05, 3.63) is 0 Å². The Balaban J connectivity index is 3.56. The molecule has 0 saturated heterocycles. The smallest absolute Gasteiger partial charge is 0.319 e. The Morgan fingerprint density at radius 2 is 0.625 bits per heavy atom. The molecule has 0 aromatic rings. The molecule has 0 aromatic carbocycles. The van der Waals surface area contributed by atoms with Gasteiger partial charge in [-0.2, -0.15) is 0 Å². The van der Waals surface area contributed by atoms with E-state index < -0.39 is 8.25 Å². The maximum atomic E-state index is 12.3. The molecule has 0 N–H and O–H groups in total. The van der Waals surface area contributed by atoms with Gasteiger partial charge in [0, 0.05) is 27.4 Å². The lowest BCUT2D eigenvalue weighted by Crippen LogP contribution is -2.25. The lowest BCUT2D eigenvalue weighted by atomic mass is 10.0. The fourth-order valence-corrected chi connectivity index (χ4v) is 6.69. The van der Waals surface area contributed by atoms with Gasteiger partial charge in [0.25, 0.3) is 0 Å². The summed E-state index contributed by atoms with van der Waals surface area (Å²) in [6.45, 7) is 7.22. The third-order valence-electron chi connectivity index (χ3n) is 9.33. The first-order valence-corrected chi connectivity index (χ1v) is 21.9. The molecule has 0 aromatic heterocycles. The molecule has 0 heterocycles. The van der Waals surface area contributed by atoms with Crippen LogP contribution in [0.5, 0.6) is 0 Å². The maximum Gasteiger partial charge on any atom is 0.319 e. The van der Waals surface area contributed by atoms with Crippen molar-refractivity contribution in [3.8, 4) is 0 Å². The molecule has 0 aliphatic rings. The molecular weight excluding hydrogens is 623 g/mol. The van der Waals surface area contributed by atoms with E-state index in [0.717, 1.165) is 26.1 Å². The van der Waals surface area contributed by atoms with Crippen molar-refractivity contribution in [3.63, 3.8) is 0 Å². The monoisotopic (exact) mass is 707 g/mol. The highest BCUT2D eigenvalue weighted by atomic mass is 31.1. The number of hydrogen-bond donors (Lipinski definition) is 0.